The van der Waals surface area contributed by atoms with Crippen LogP contribution in [0.3, 0.4) is 0 Å². The average Bonchev–Trinajstić information content (AvgIpc) is 3.53. The molecule has 0 aromatic carbocycles. The highest BCUT2D eigenvalue weighted by Crippen LogP contribution is 2.40. The maximum absolute atomic E-state index is 13.2. The molecule has 0 radical (unpaired) electrons. The summed E-state index contributed by atoms with van der Waals surface area (Å²) < 4.78 is 37.4. The van der Waals surface area contributed by atoms with Gasteiger partial charge in [-0.25, -0.2) is 9.78 Å². The molecule has 2 bridgehead atoms. The van der Waals surface area contributed by atoms with Crippen molar-refractivity contribution >= 4 is 17.8 Å². The van der Waals surface area contributed by atoms with Crippen molar-refractivity contribution in [3.05, 3.63) is 47.6 Å². The topological polar surface area (TPSA) is 89.6 Å². The number of alkyl halides is 3. The molecule has 3 N–H and O–H groups in total. The van der Waals surface area contributed by atoms with E-state index >= 15 is 0 Å². The van der Waals surface area contributed by atoms with Gasteiger partial charge in [0, 0.05) is 19.3 Å². The van der Waals surface area contributed by atoms with E-state index < -0.39 is 30.7 Å². The average molecular weight is 448 g/mol. The number of halogens is 3. The molecule has 2 atom stereocenters. The molecule has 3 aliphatic heterocycles. The molecule has 1 aromatic heterocycles. The second-order valence-electron chi connectivity index (χ2n) is 8.49. The van der Waals surface area contributed by atoms with Gasteiger partial charge in [-0.2, -0.15) is 13.2 Å². The van der Waals surface area contributed by atoms with E-state index in [4.69, 9.17) is 0 Å². The number of rotatable bonds is 4. The number of fused-ring (bicyclic) bond motifs is 3. The Morgan fingerprint density at radius 2 is 2.03 bits per heavy atom. The molecule has 32 heavy (non-hydrogen) atoms. The maximum Gasteiger partial charge on any atom is 0.405 e. The van der Waals surface area contributed by atoms with Gasteiger partial charge in [0.15, 0.2) is 0 Å². The molecule has 3 amide bonds. The number of amides is 3. The minimum absolute atomic E-state index is 0.114. The smallest absolute Gasteiger partial charge is 0.366 e. The van der Waals surface area contributed by atoms with Gasteiger partial charge in [-0.05, 0) is 42.9 Å². The monoisotopic (exact) mass is 448 g/mol. The number of aromatic nitrogens is 1. The largest absolute Gasteiger partial charge is 0.405 e. The van der Waals surface area contributed by atoms with Crippen LogP contribution < -0.4 is 16.0 Å². The fraction of sp³-hybridized carbons (Fsp3) is 0.476. The Labute approximate surface area is 182 Å². The maximum atomic E-state index is 13.2. The van der Waals surface area contributed by atoms with Crippen LogP contribution in [0.2, 0.25) is 0 Å². The fourth-order valence-electron chi connectivity index (χ4n) is 4.36. The number of pyridine rings is 1. The molecule has 1 saturated heterocycles. The van der Waals surface area contributed by atoms with Gasteiger partial charge in [0.25, 0.3) is 0 Å². The van der Waals surface area contributed by atoms with Crippen molar-refractivity contribution in [2.75, 3.05) is 25.0 Å². The highest BCUT2D eigenvalue weighted by atomic mass is 19.4. The summed E-state index contributed by atoms with van der Waals surface area (Å²) in [5.41, 5.74) is 1.90. The van der Waals surface area contributed by atoms with Crippen LogP contribution in [0.25, 0.3) is 0 Å². The third-order valence-electron chi connectivity index (χ3n) is 6.13. The lowest BCUT2D eigenvalue weighted by molar-refractivity contribution is -0.138. The van der Waals surface area contributed by atoms with E-state index in [1.165, 1.54) is 6.08 Å². The number of carbonyl (C=O) groups is 2. The van der Waals surface area contributed by atoms with E-state index in [0.717, 1.165) is 37.1 Å². The Hall–Kier alpha value is -3.24. The number of nitrogens with one attached hydrogen (secondary N) is 3. The van der Waals surface area contributed by atoms with Crippen molar-refractivity contribution in [1.29, 1.82) is 0 Å². The van der Waals surface area contributed by atoms with Gasteiger partial charge in [0.2, 0.25) is 5.91 Å². The van der Waals surface area contributed by atoms with E-state index in [0.29, 0.717) is 24.1 Å². The molecule has 8 nitrogen and oxygen atoms in total. The van der Waals surface area contributed by atoms with Gasteiger partial charge < -0.3 is 15.5 Å². The van der Waals surface area contributed by atoms with Gasteiger partial charge in [-0.1, -0.05) is 12.1 Å². The third-order valence-corrected chi connectivity index (χ3v) is 6.13. The molecule has 1 aromatic rings. The van der Waals surface area contributed by atoms with Gasteiger partial charge in [0.05, 0.1) is 11.7 Å². The summed E-state index contributed by atoms with van der Waals surface area (Å²) in [7, 11) is 0. The Morgan fingerprint density at radius 3 is 2.72 bits per heavy atom. The number of dihydropyridines is 1. The molecular formula is C21H23F3N6O2. The van der Waals surface area contributed by atoms with E-state index in [-0.39, 0.29) is 6.04 Å². The number of allylic oxidation sites excluding steroid dienone is 1. The summed E-state index contributed by atoms with van der Waals surface area (Å²) in [6, 6.07) is 2.21. The number of carbonyl (C=O) groups excluding carboxylic acids is 2. The quantitative estimate of drug-likeness (QED) is 0.658. The van der Waals surface area contributed by atoms with Crippen LogP contribution in [0.5, 0.6) is 0 Å². The summed E-state index contributed by atoms with van der Waals surface area (Å²) in [5, 5.41) is 7.66. The first-order valence-electron chi connectivity index (χ1n) is 10.6. The Balaban J connectivity index is 1.32. The molecule has 4 aliphatic rings. The van der Waals surface area contributed by atoms with Crippen molar-refractivity contribution in [1.82, 2.24) is 25.4 Å². The minimum Gasteiger partial charge on any atom is -0.366 e. The van der Waals surface area contributed by atoms with Crippen molar-refractivity contribution < 1.29 is 22.8 Å². The Bertz CT molecular complexity index is 986. The summed E-state index contributed by atoms with van der Waals surface area (Å²) >= 11 is 0. The molecule has 0 spiro atoms. The predicted octanol–water partition coefficient (Wildman–Crippen LogP) is 2.26. The molecule has 4 heterocycles. The van der Waals surface area contributed by atoms with Gasteiger partial charge in [-0.3, -0.25) is 15.0 Å². The summed E-state index contributed by atoms with van der Waals surface area (Å²) in [6.07, 6.45) is 3.54. The molecule has 2 fully saturated rings. The standard InChI is InChI=1S/C21H23F3N6O2/c22-21(23,24)11-26-19(31)15-4-5-16-18(27-15)30(14-7-8-29(16)10-14)20(32)28-17-6-3-13(9-25-17)12-1-2-12/h3-6,9,12,14-15,27H,1-2,7-8,10-11H2,(H,26,31)(H,25,28,32)/t14-,15?/m0/s1. The first-order valence-corrected chi connectivity index (χ1v) is 10.6. The molecular weight excluding hydrogens is 425 g/mol. The fourth-order valence-corrected chi connectivity index (χ4v) is 4.36. The van der Waals surface area contributed by atoms with Crippen LogP contribution in [0, 0.1) is 0 Å². The van der Waals surface area contributed by atoms with E-state index in [9.17, 15) is 22.8 Å². The van der Waals surface area contributed by atoms with Crippen LogP contribution in [0.1, 0.15) is 30.7 Å². The number of hydrogen-bond acceptors (Lipinski definition) is 5. The molecule has 1 unspecified atom stereocenters. The number of hydrogen-bond donors (Lipinski definition) is 3. The van der Waals surface area contributed by atoms with E-state index in [1.54, 1.807) is 23.2 Å². The highest BCUT2D eigenvalue weighted by Gasteiger charge is 2.43. The third kappa shape index (κ3) is 4.11. The number of nitrogens with zero attached hydrogens (tertiary/aromatic N) is 3. The van der Waals surface area contributed by atoms with E-state index in [1.807, 2.05) is 11.4 Å². The second kappa shape index (κ2) is 7.72. The van der Waals surface area contributed by atoms with Crippen molar-refractivity contribution in [2.45, 2.75) is 43.4 Å². The van der Waals surface area contributed by atoms with Gasteiger partial charge in [0.1, 0.15) is 24.2 Å². The van der Waals surface area contributed by atoms with Crippen molar-refractivity contribution in [3.63, 3.8) is 0 Å². The first kappa shape index (κ1) is 20.7. The normalized spacial score (nSPS) is 24.2. The molecule has 11 heteroatoms. The first-order chi connectivity index (χ1) is 15.3. The summed E-state index contributed by atoms with van der Waals surface area (Å²) in [5.74, 6) is 0.592. The minimum atomic E-state index is -4.50. The summed E-state index contributed by atoms with van der Waals surface area (Å²) in [4.78, 5) is 33.4. The highest BCUT2D eigenvalue weighted by molar-refractivity contribution is 5.91. The Kier molecular flexibility index (Phi) is 4.98. The zero-order valence-corrected chi connectivity index (χ0v) is 17.2. The molecule has 5 rings (SSSR count). The predicted molar refractivity (Wildman–Crippen MR) is 109 cm³/mol. The lowest BCUT2D eigenvalue weighted by atomic mass is 10.1. The second-order valence-corrected chi connectivity index (χ2v) is 8.49. The summed E-state index contributed by atoms with van der Waals surface area (Å²) in [6.45, 7) is -0.0128. The molecule has 170 valence electrons. The van der Waals surface area contributed by atoms with Crippen LogP contribution in [-0.4, -0.2) is 64.6 Å². The van der Waals surface area contributed by atoms with Crippen LogP contribution >= 0.6 is 0 Å². The van der Waals surface area contributed by atoms with Gasteiger partial charge >= 0.3 is 12.2 Å². The van der Waals surface area contributed by atoms with Crippen molar-refractivity contribution in [2.24, 2.45) is 0 Å². The zero-order valence-electron chi connectivity index (χ0n) is 17.2. The zero-order chi connectivity index (χ0) is 22.5. The molecule has 1 saturated carbocycles. The molecule has 1 aliphatic carbocycles. The number of anilines is 1. The lowest BCUT2D eigenvalue weighted by Gasteiger charge is -2.40. The Morgan fingerprint density at radius 1 is 1.22 bits per heavy atom. The van der Waals surface area contributed by atoms with Crippen LogP contribution in [-0.2, 0) is 4.79 Å². The van der Waals surface area contributed by atoms with Crippen LogP contribution in [0.15, 0.2) is 42.0 Å². The van der Waals surface area contributed by atoms with Crippen molar-refractivity contribution in [3.8, 4) is 0 Å². The van der Waals surface area contributed by atoms with Gasteiger partial charge in [-0.15, -0.1) is 0 Å². The SMILES string of the molecule is O=C(NCC(F)(F)F)C1C=CC2=C(N1)N(C(=O)Nc1ccc(C3CC3)cn1)[C@H]1CCN2C1. The lowest BCUT2D eigenvalue weighted by Crippen LogP contribution is -2.56. The van der Waals surface area contributed by atoms with Crippen LogP contribution in [0.4, 0.5) is 23.8 Å². The number of urea groups is 1. The van der Waals surface area contributed by atoms with E-state index in [2.05, 4.69) is 20.5 Å².